The minimum Gasteiger partial charge on any atom is -0.497 e. The van der Waals surface area contributed by atoms with E-state index in [1.165, 1.54) is 0 Å². The van der Waals surface area contributed by atoms with Crippen molar-refractivity contribution in [1.29, 1.82) is 0 Å². The minimum absolute atomic E-state index is 0.616. The van der Waals surface area contributed by atoms with Gasteiger partial charge in [0, 0.05) is 11.8 Å². The van der Waals surface area contributed by atoms with Crippen molar-refractivity contribution in [3.05, 3.63) is 66.5 Å². The first-order chi connectivity index (χ1) is 11.3. The second-order valence-electron chi connectivity index (χ2n) is 5.23. The number of H-pyrrole nitrogens is 1. The lowest BCUT2D eigenvalue weighted by atomic mass is 10.1. The van der Waals surface area contributed by atoms with Crippen molar-refractivity contribution in [2.45, 2.75) is 6.42 Å². The Labute approximate surface area is 133 Å². The van der Waals surface area contributed by atoms with Gasteiger partial charge in [-0.3, -0.25) is 0 Å². The molecule has 0 bridgehead atoms. The van der Waals surface area contributed by atoms with E-state index in [0.717, 1.165) is 34.0 Å². The molecule has 114 valence electrons. The Balaban J connectivity index is 1.75. The Hall–Kier alpha value is -3.08. The van der Waals surface area contributed by atoms with Gasteiger partial charge in [0.2, 0.25) is 0 Å². The number of hydrogen-bond acceptors (Lipinski definition) is 4. The van der Waals surface area contributed by atoms with Crippen molar-refractivity contribution in [3.63, 3.8) is 0 Å². The number of imidazole rings is 1. The number of hydrogen-bond donors (Lipinski definition) is 1. The molecule has 4 aromatic rings. The largest absolute Gasteiger partial charge is 0.497 e. The Kier molecular flexibility index (Phi) is 3.31. The highest BCUT2D eigenvalue weighted by Crippen LogP contribution is 2.28. The molecule has 0 saturated heterocycles. The van der Waals surface area contributed by atoms with E-state index in [-0.39, 0.29) is 0 Å². The number of rotatable bonds is 4. The fourth-order valence-corrected chi connectivity index (χ4v) is 2.63. The predicted octanol–water partition coefficient (Wildman–Crippen LogP) is 3.82. The van der Waals surface area contributed by atoms with Gasteiger partial charge < -0.3 is 14.1 Å². The summed E-state index contributed by atoms with van der Waals surface area (Å²) in [5.41, 5.74) is 3.79. The smallest absolute Gasteiger partial charge is 0.178 e. The average molecular weight is 305 g/mol. The zero-order chi connectivity index (χ0) is 15.6. The van der Waals surface area contributed by atoms with Gasteiger partial charge >= 0.3 is 0 Å². The van der Waals surface area contributed by atoms with Crippen LogP contribution < -0.4 is 4.74 Å². The molecule has 23 heavy (non-hydrogen) atoms. The van der Waals surface area contributed by atoms with Crippen molar-refractivity contribution in [2.75, 3.05) is 7.11 Å². The van der Waals surface area contributed by atoms with Crippen LogP contribution in [-0.4, -0.2) is 22.1 Å². The number of benzene rings is 1. The zero-order valence-electron chi connectivity index (χ0n) is 12.6. The lowest BCUT2D eigenvalue weighted by Gasteiger charge is -2.04. The minimum atomic E-state index is 0.616. The van der Waals surface area contributed by atoms with E-state index in [4.69, 9.17) is 9.15 Å². The number of fused-ring (bicyclic) bond motifs is 1. The summed E-state index contributed by atoms with van der Waals surface area (Å²) in [7, 11) is 1.66. The molecular formula is C18H15N3O2. The number of aromatic amines is 1. The number of ether oxygens (including phenoxy) is 1. The van der Waals surface area contributed by atoms with Gasteiger partial charge in [-0.15, -0.1) is 0 Å². The van der Waals surface area contributed by atoms with Crippen LogP contribution in [-0.2, 0) is 6.42 Å². The fraction of sp³-hybridized carbons (Fsp3) is 0.111. The molecule has 0 aliphatic heterocycles. The first-order valence-corrected chi connectivity index (χ1v) is 7.34. The van der Waals surface area contributed by atoms with Crippen LogP contribution in [0.5, 0.6) is 5.75 Å². The van der Waals surface area contributed by atoms with Gasteiger partial charge in [-0.05, 0) is 35.9 Å². The molecule has 0 radical (unpaired) electrons. The molecule has 0 amide bonds. The summed E-state index contributed by atoms with van der Waals surface area (Å²) in [4.78, 5) is 12.3. The first-order valence-electron chi connectivity index (χ1n) is 7.34. The maximum Gasteiger partial charge on any atom is 0.178 e. The molecule has 1 N–H and O–H groups in total. The van der Waals surface area contributed by atoms with Gasteiger partial charge in [-0.1, -0.05) is 12.1 Å². The predicted molar refractivity (Wildman–Crippen MR) is 87.4 cm³/mol. The van der Waals surface area contributed by atoms with Crippen molar-refractivity contribution in [3.8, 4) is 16.9 Å². The van der Waals surface area contributed by atoms with Crippen LogP contribution in [0.4, 0.5) is 0 Å². The van der Waals surface area contributed by atoms with Crippen LogP contribution in [0.1, 0.15) is 11.6 Å². The summed E-state index contributed by atoms with van der Waals surface area (Å²) < 4.78 is 10.6. The topological polar surface area (TPSA) is 63.9 Å². The van der Waals surface area contributed by atoms with E-state index in [2.05, 4.69) is 15.0 Å². The number of furan rings is 1. The molecule has 1 aromatic carbocycles. The van der Waals surface area contributed by atoms with Gasteiger partial charge in [0.25, 0.3) is 0 Å². The maximum atomic E-state index is 5.38. The lowest BCUT2D eigenvalue weighted by Crippen LogP contribution is -1.88. The highest BCUT2D eigenvalue weighted by atomic mass is 16.5. The van der Waals surface area contributed by atoms with Crippen molar-refractivity contribution >= 4 is 11.2 Å². The van der Waals surface area contributed by atoms with E-state index in [0.29, 0.717) is 12.1 Å². The van der Waals surface area contributed by atoms with E-state index < -0.39 is 0 Å². The second-order valence-corrected chi connectivity index (χ2v) is 5.23. The molecule has 3 aromatic heterocycles. The van der Waals surface area contributed by atoms with Gasteiger partial charge in [-0.2, -0.15) is 0 Å². The highest BCUT2D eigenvalue weighted by Gasteiger charge is 2.11. The molecule has 0 saturated carbocycles. The molecule has 0 atom stereocenters. The van der Waals surface area contributed by atoms with Crippen LogP contribution >= 0.6 is 0 Å². The van der Waals surface area contributed by atoms with Crippen LogP contribution in [0.15, 0.2) is 59.3 Å². The van der Waals surface area contributed by atoms with Gasteiger partial charge in [0.05, 0.1) is 25.3 Å². The van der Waals surface area contributed by atoms with Gasteiger partial charge in [0.15, 0.2) is 5.65 Å². The molecule has 5 nitrogen and oxygen atoms in total. The molecule has 0 aliphatic carbocycles. The third-order valence-electron chi connectivity index (χ3n) is 3.76. The highest BCUT2D eigenvalue weighted by molar-refractivity contribution is 5.89. The summed E-state index contributed by atoms with van der Waals surface area (Å²) >= 11 is 0. The number of aromatic nitrogens is 3. The average Bonchev–Trinajstić information content (AvgIpc) is 3.24. The molecule has 0 unspecified atom stereocenters. The summed E-state index contributed by atoms with van der Waals surface area (Å²) in [6.07, 6.45) is 4.06. The standard InChI is InChI=1S/C18H15N3O2/c1-22-13-6-4-12(5-7-13)15-8-9-19-18-17(15)20-16(21-18)11-14-3-2-10-23-14/h2-10H,11H2,1H3,(H,19,20,21). The normalized spacial score (nSPS) is 11.0. The van der Waals surface area contributed by atoms with Crippen molar-refractivity contribution < 1.29 is 9.15 Å². The third kappa shape index (κ3) is 2.57. The number of nitrogens with one attached hydrogen (secondary N) is 1. The Bertz CT molecular complexity index is 925. The van der Waals surface area contributed by atoms with E-state index in [1.54, 1.807) is 19.6 Å². The summed E-state index contributed by atoms with van der Waals surface area (Å²) in [5, 5.41) is 0. The molecule has 0 aliphatic rings. The summed E-state index contributed by atoms with van der Waals surface area (Å²) in [6.45, 7) is 0. The third-order valence-corrected chi connectivity index (χ3v) is 3.76. The quantitative estimate of drug-likeness (QED) is 0.622. The van der Waals surface area contributed by atoms with Crippen LogP contribution in [0.2, 0.25) is 0 Å². The second kappa shape index (κ2) is 5.61. The van der Waals surface area contributed by atoms with Crippen LogP contribution in [0.3, 0.4) is 0 Å². The molecule has 4 rings (SSSR count). The van der Waals surface area contributed by atoms with E-state index >= 15 is 0 Å². The number of nitrogens with zero attached hydrogens (tertiary/aromatic N) is 2. The monoisotopic (exact) mass is 305 g/mol. The number of pyridine rings is 1. The fourth-order valence-electron chi connectivity index (χ4n) is 2.63. The SMILES string of the molecule is COc1ccc(-c2ccnc3nc(Cc4ccco4)[nH]c23)cc1. The summed E-state index contributed by atoms with van der Waals surface area (Å²) in [5.74, 6) is 2.54. The maximum absolute atomic E-state index is 5.38. The van der Waals surface area contributed by atoms with Gasteiger partial charge in [0.1, 0.15) is 17.3 Å². The lowest BCUT2D eigenvalue weighted by molar-refractivity contribution is 0.415. The van der Waals surface area contributed by atoms with Crippen LogP contribution in [0.25, 0.3) is 22.3 Å². The first kappa shape index (κ1) is 13.6. The molecule has 0 spiro atoms. The van der Waals surface area contributed by atoms with Crippen LogP contribution in [0, 0.1) is 0 Å². The molecule has 5 heteroatoms. The Morgan fingerprint density at radius 2 is 2.00 bits per heavy atom. The molecular weight excluding hydrogens is 290 g/mol. The molecule has 0 fully saturated rings. The number of methoxy groups -OCH3 is 1. The van der Waals surface area contributed by atoms with Crippen molar-refractivity contribution in [2.24, 2.45) is 0 Å². The molecule has 3 heterocycles. The van der Waals surface area contributed by atoms with Crippen molar-refractivity contribution in [1.82, 2.24) is 15.0 Å². The summed E-state index contributed by atoms with van der Waals surface area (Å²) in [6, 6.07) is 13.7. The zero-order valence-corrected chi connectivity index (χ0v) is 12.6. The van der Waals surface area contributed by atoms with E-state index in [9.17, 15) is 0 Å². The Morgan fingerprint density at radius 3 is 2.74 bits per heavy atom. The van der Waals surface area contributed by atoms with Gasteiger partial charge in [-0.25, -0.2) is 9.97 Å². The Morgan fingerprint density at radius 1 is 1.13 bits per heavy atom. The van der Waals surface area contributed by atoms with E-state index in [1.807, 2.05) is 42.5 Å².